The Hall–Kier alpha value is -2.15. The van der Waals surface area contributed by atoms with E-state index in [4.69, 9.17) is 15.6 Å². The highest BCUT2D eigenvalue weighted by Gasteiger charge is 2.33. The summed E-state index contributed by atoms with van der Waals surface area (Å²) in [6, 6.07) is 2.22. The number of aromatic carboxylic acids is 1. The molecule has 2 aliphatic rings. The lowest BCUT2D eigenvalue weighted by molar-refractivity contribution is 0.0240. The van der Waals surface area contributed by atoms with Crippen LogP contribution in [0.5, 0.6) is 0 Å². The number of guanidine groups is 1. The molecule has 0 aliphatic carbocycles. The fourth-order valence-electron chi connectivity index (χ4n) is 2.43. The monoisotopic (exact) mass is 265 g/mol. The van der Waals surface area contributed by atoms with E-state index in [0.717, 1.165) is 6.07 Å². The summed E-state index contributed by atoms with van der Waals surface area (Å²) in [5.74, 6) is -1.80. The first-order chi connectivity index (χ1) is 9.08. The van der Waals surface area contributed by atoms with Gasteiger partial charge in [-0.15, -0.1) is 0 Å². The minimum absolute atomic E-state index is 0.208. The second-order valence-corrected chi connectivity index (χ2v) is 4.45. The molecule has 19 heavy (non-hydrogen) atoms. The SMILES string of the molecule is NC1=Nc2cc(F)c(C(=O)O)cc2C2COCCN12. The van der Waals surface area contributed by atoms with Crippen LogP contribution in [0.4, 0.5) is 10.1 Å². The smallest absolute Gasteiger partial charge is 0.338 e. The third-order valence-electron chi connectivity index (χ3n) is 3.36. The summed E-state index contributed by atoms with van der Waals surface area (Å²) in [6.45, 7) is 1.50. The molecule has 1 aromatic rings. The zero-order chi connectivity index (χ0) is 13.6. The predicted octanol–water partition coefficient (Wildman–Crippen LogP) is 0.857. The molecule has 3 N–H and O–H groups in total. The lowest BCUT2D eigenvalue weighted by atomic mass is 9.98. The number of fused-ring (bicyclic) bond motifs is 3. The summed E-state index contributed by atoms with van der Waals surface area (Å²) >= 11 is 0. The van der Waals surface area contributed by atoms with Crippen LogP contribution < -0.4 is 5.73 Å². The summed E-state index contributed by atoms with van der Waals surface area (Å²) < 4.78 is 19.0. The summed E-state index contributed by atoms with van der Waals surface area (Å²) in [5.41, 5.74) is 6.47. The van der Waals surface area contributed by atoms with Crippen LogP contribution in [0.3, 0.4) is 0 Å². The molecule has 1 saturated heterocycles. The summed E-state index contributed by atoms with van der Waals surface area (Å²) in [7, 11) is 0. The van der Waals surface area contributed by atoms with Crippen molar-refractivity contribution in [1.82, 2.24) is 4.90 Å². The first-order valence-corrected chi connectivity index (χ1v) is 5.83. The Labute approximate surface area is 108 Å². The average Bonchev–Trinajstić information content (AvgIpc) is 2.38. The van der Waals surface area contributed by atoms with Crippen molar-refractivity contribution >= 4 is 17.6 Å². The molecule has 6 nitrogen and oxygen atoms in total. The summed E-state index contributed by atoms with van der Waals surface area (Å²) in [4.78, 5) is 17.0. The molecule has 0 spiro atoms. The minimum atomic E-state index is -1.30. The van der Waals surface area contributed by atoms with Gasteiger partial charge in [0, 0.05) is 18.2 Å². The molecular weight excluding hydrogens is 253 g/mol. The third kappa shape index (κ3) is 1.82. The van der Waals surface area contributed by atoms with Crippen molar-refractivity contribution in [3.63, 3.8) is 0 Å². The Morgan fingerprint density at radius 3 is 3.11 bits per heavy atom. The molecule has 100 valence electrons. The number of hydrogen-bond donors (Lipinski definition) is 2. The number of hydrogen-bond acceptors (Lipinski definition) is 5. The fraction of sp³-hybridized carbons (Fsp3) is 0.333. The molecule has 3 rings (SSSR count). The van der Waals surface area contributed by atoms with E-state index in [1.165, 1.54) is 6.07 Å². The van der Waals surface area contributed by atoms with Gasteiger partial charge in [-0.3, -0.25) is 0 Å². The second kappa shape index (κ2) is 4.20. The van der Waals surface area contributed by atoms with E-state index in [1.54, 1.807) is 0 Å². The third-order valence-corrected chi connectivity index (χ3v) is 3.36. The van der Waals surface area contributed by atoms with Crippen molar-refractivity contribution in [3.05, 3.63) is 29.1 Å². The van der Waals surface area contributed by atoms with E-state index in [9.17, 15) is 9.18 Å². The van der Waals surface area contributed by atoms with Gasteiger partial charge in [0.1, 0.15) is 5.82 Å². The number of nitrogens with two attached hydrogens (primary N) is 1. The predicted molar refractivity (Wildman–Crippen MR) is 64.9 cm³/mol. The molecule has 7 heteroatoms. The van der Waals surface area contributed by atoms with Gasteiger partial charge in [-0.05, 0) is 6.07 Å². The first-order valence-electron chi connectivity index (χ1n) is 5.83. The lowest BCUT2D eigenvalue weighted by Gasteiger charge is -2.39. The molecule has 0 aromatic heterocycles. The number of rotatable bonds is 1. The number of carbonyl (C=O) groups is 1. The standard InChI is InChI=1S/C12H12FN3O3/c13-8-4-9-7(3-6(8)11(17)18)10-5-19-2-1-16(10)12(14)15-9/h3-4,10H,1-2,5H2,(H2,14,15)(H,17,18). The van der Waals surface area contributed by atoms with E-state index >= 15 is 0 Å². The van der Waals surface area contributed by atoms with Gasteiger partial charge < -0.3 is 20.5 Å². The Bertz CT molecular complexity index is 588. The Balaban J connectivity index is 2.15. The highest BCUT2D eigenvalue weighted by molar-refractivity contribution is 5.90. The van der Waals surface area contributed by atoms with Crippen LogP contribution in [0.2, 0.25) is 0 Å². The van der Waals surface area contributed by atoms with Gasteiger partial charge in [-0.1, -0.05) is 0 Å². The number of ether oxygens (including phenoxy) is 1. The van der Waals surface area contributed by atoms with E-state index in [0.29, 0.717) is 37.0 Å². The maximum Gasteiger partial charge on any atom is 0.338 e. The van der Waals surface area contributed by atoms with Gasteiger partial charge in [0.2, 0.25) is 0 Å². The number of halogens is 1. The van der Waals surface area contributed by atoms with E-state index in [-0.39, 0.29) is 11.6 Å². The molecule has 0 amide bonds. The Morgan fingerprint density at radius 1 is 1.58 bits per heavy atom. The van der Waals surface area contributed by atoms with Crippen LogP contribution >= 0.6 is 0 Å². The van der Waals surface area contributed by atoms with Crippen molar-refractivity contribution in [1.29, 1.82) is 0 Å². The van der Waals surface area contributed by atoms with Gasteiger partial charge in [0.15, 0.2) is 5.96 Å². The van der Waals surface area contributed by atoms with Crippen molar-refractivity contribution in [2.45, 2.75) is 6.04 Å². The van der Waals surface area contributed by atoms with Gasteiger partial charge in [-0.2, -0.15) is 0 Å². The molecule has 1 unspecified atom stereocenters. The second-order valence-electron chi connectivity index (χ2n) is 4.45. The van der Waals surface area contributed by atoms with Crippen molar-refractivity contribution in [3.8, 4) is 0 Å². The maximum absolute atomic E-state index is 13.6. The van der Waals surface area contributed by atoms with E-state index in [1.807, 2.05) is 4.90 Å². The van der Waals surface area contributed by atoms with Crippen LogP contribution in [0.1, 0.15) is 22.0 Å². The van der Waals surface area contributed by atoms with E-state index < -0.39 is 11.8 Å². The number of benzene rings is 1. The van der Waals surface area contributed by atoms with E-state index in [2.05, 4.69) is 4.99 Å². The number of morpholine rings is 1. The fourth-order valence-corrected chi connectivity index (χ4v) is 2.43. The van der Waals surface area contributed by atoms with Gasteiger partial charge in [0.25, 0.3) is 0 Å². The number of aliphatic imine (C=N–C) groups is 1. The Morgan fingerprint density at radius 2 is 2.37 bits per heavy atom. The molecule has 0 bridgehead atoms. The zero-order valence-electron chi connectivity index (χ0n) is 9.97. The maximum atomic E-state index is 13.6. The molecule has 2 aliphatic heterocycles. The molecule has 1 fully saturated rings. The summed E-state index contributed by atoms with van der Waals surface area (Å²) in [5, 5.41) is 8.97. The lowest BCUT2D eigenvalue weighted by Crippen LogP contribution is -2.48. The van der Waals surface area contributed by atoms with Crippen LogP contribution in [-0.4, -0.2) is 41.7 Å². The topological polar surface area (TPSA) is 88.1 Å². The number of carboxylic acid groups (broad SMARTS) is 1. The highest BCUT2D eigenvalue weighted by atomic mass is 19.1. The van der Waals surface area contributed by atoms with Crippen molar-refractivity contribution in [2.75, 3.05) is 19.8 Å². The molecule has 1 aromatic carbocycles. The average molecular weight is 265 g/mol. The van der Waals surface area contributed by atoms with Crippen molar-refractivity contribution < 1.29 is 19.0 Å². The Kier molecular flexibility index (Phi) is 2.63. The highest BCUT2D eigenvalue weighted by Crippen LogP contribution is 2.37. The zero-order valence-corrected chi connectivity index (χ0v) is 9.97. The number of carboxylic acids is 1. The van der Waals surface area contributed by atoms with Gasteiger partial charge in [-0.25, -0.2) is 14.2 Å². The quantitative estimate of drug-likeness (QED) is 0.786. The normalized spacial score (nSPS) is 21.4. The first kappa shape index (κ1) is 11.9. The number of nitrogens with zero attached hydrogens (tertiary/aromatic N) is 2. The summed E-state index contributed by atoms with van der Waals surface area (Å²) in [6.07, 6.45) is 0. The molecule has 2 heterocycles. The molecular formula is C12H12FN3O3. The van der Waals surface area contributed by atoms with Gasteiger partial charge in [0.05, 0.1) is 30.5 Å². The van der Waals surface area contributed by atoms with Crippen LogP contribution in [0, 0.1) is 5.82 Å². The van der Waals surface area contributed by atoms with Crippen LogP contribution in [-0.2, 0) is 4.74 Å². The van der Waals surface area contributed by atoms with Crippen LogP contribution in [0.25, 0.3) is 0 Å². The molecule has 0 saturated carbocycles. The minimum Gasteiger partial charge on any atom is -0.478 e. The largest absolute Gasteiger partial charge is 0.478 e. The van der Waals surface area contributed by atoms with Gasteiger partial charge >= 0.3 is 5.97 Å². The van der Waals surface area contributed by atoms with Crippen molar-refractivity contribution in [2.24, 2.45) is 10.7 Å². The van der Waals surface area contributed by atoms with Crippen LogP contribution in [0.15, 0.2) is 17.1 Å². The molecule has 0 radical (unpaired) electrons. The molecule has 1 atom stereocenters.